The first-order chi connectivity index (χ1) is 25.5. The number of halogens is 2. The van der Waals surface area contributed by atoms with E-state index in [0.717, 1.165) is 16.7 Å². The number of alkyl halides is 2. The summed E-state index contributed by atoms with van der Waals surface area (Å²) in [7, 11) is 0. The molecule has 3 heterocycles. The van der Waals surface area contributed by atoms with Gasteiger partial charge in [-0.2, -0.15) is 13.9 Å². The molecule has 0 bridgehead atoms. The Morgan fingerprint density at radius 2 is 1.43 bits per heavy atom. The number of ether oxygens (including phenoxy) is 1. The molecule has 0 aliphatic carbocycles. The van der Waals surface area contributed by atoms with Crippen LogP contribution in [0.25, 0.3) is 33.5 Å². The second-order valence-corrected chi connectivity index (χ2v) is 13.9. The predicted molar refractivity (Wildman–Crippen MR) is 200 cm³/mol. The molecule has 0 aliphatic rings. The van der Waals surface area contributed by atoms with E-state index < -0.39 is 17.7 Å². The molecule has 0 unspecified atom stereocenters. The van der Waals surface area contributed by atoms with Gasteiger partial charge >= 0.3 is 6.61 Å². The van der Waals surface area contributed by atoms with Gasteiger partial charge in [-0.1, -0.05) is 91.0 Å². The molecule has 1 amide bonds. The third-order valence-electron chi connectivity index (χ3n) is 9.03. The number of rotatable bonds is 11. The third-order valence-corrected chi connectivity index (χ3v) is 9.03. The Morgan fingerprint density at radius 1 is 0.849 bits per heavy atom. The highest BCUT2D eigenvalue weighted by molar-refractivity contribution is 6.06. The van der Waals surface area contributed by atoms with Crippen molar-refractivity contribution in [2.24, 2.45) is 0 Å². The highest BCUT2D eigenvalue weighted by Gasteiger charge is 2.41. The van der Waals surface area contributed by atoms with Crippen molar-refractivity contribution in [2.45, 2.75) is 58.3 Å². The van der Waals surface area contributed by atoms with Crippen LogP contribution in [0.3, 0.4) is 0 Å². The number of fused-ring (bicyclic) bond motifs is 2. The maximum absolute atomic E-state index is 14.3. The summed E-state index contributed by atoms with van der Waals surface area (Å²) in [6.45, 7) is 4.45. The lowest BCUT2D eigenvalue weighted by Gasteiger charge is -2.38. The molecule has 3 aromatic heterocycles. The lowest BCUT2D eigenvalue weighted by molar-refractivity contribution is -0.117. The van der Waals surface area contributed by atoms with Gasteiger partial charge in [0.05, 0.1) is 17.3 Å². The monoisotopic (exact) mass is 712 g/mol. The predicted octanol–water partition coefficient (Wildman–Crippen LogP) is 8.40. The molecule has 11 heteroatoms. The van der Waals surface area contributed by atoms with E-state index in [2.05, 4.69) is 41.7 Å². The number of carbonyl (C=O) groups excluding carboxylic acids is 2. The van der Waals surface area contributed by atoms with Crippen LogP contribution in [-0.2, 0) is 16.9 Å². The van der Waals surface area contributed by atoms with Crippen LogP contribution in [0.5, 0.6) is 5.75 Å². The highest BCUT2D eigenvalue weighted by atomic mass is 19.3. The number of hydrogen-bond donors (Lipinski definition) is 1. The third kappa shape index (κ3) is 6.77. The number of aromatic nitrogens is 5. The molecule has 9 nitrogen and oxygen atoms in total. The largest absolute Gasteiger partial charge is 0.435 e. The summed E-state index contributed by atoms with van der Waals surface area (Å²) in [4.78, 5) is 36.3. The van der Waals surface area contributed by atoms with Gasteiger partial charge in [0.15, 0.2) is 5.65 Å². The summed E-state index contributed by atoms with van der Waals surface area (Å²) in [5.41, 5.74) is 3.54. The number of nitrogens with zero attached hydrogens (tertiary/aromatic N) is 5. The van der Waals surface area contributed by atoms with Gasteiger partial charge in [0.2, 0.25) is 0 Å². The van der Waals surface area contributed by atoms with Gasteiger partial charge in [-0.05, 0) is 62.6 Å². The first-order valence-electron chi connectivity index (χ1n) is 17.3. The lowest BCUT2D eigenvalue weighted by atomic mass is 9.76. The van der Waals surface area contributed by atoms with E-state index in [1.54, 1.807) is 23.1 Å². The van der Waals surface area contributed by atoms with Gasteiger partial charge in [-0.15, -0.1) is 0 Å². The number of aryl methyl sites for hydroxylation is 1. The first kappa shape index (κ1) is 35.2. The Labute approximate surface area is 305 Å². The molecular weight excluding hydrogens is 674 g/mol. The summed E-state index contributed by atoms with van der Waals surface area (Å²) < 4.78 is 35.0. The average molecular weight is 713 g/mol. The first-order valence-corrected chi connectivity index (χ1v) is 17.3. The molecular formula is C42H38F2N6O3. The molecule has 268 valence electrons. The minimum Gasteiger partial charge on any atom is -0.435 e. The zero-order chi connectivity index (χ0) is 37.3. The topological polar surface area (TPSA) is 104 Å². The fraction of sp³-hybridized carbons (Fsp3) is 0.214. The number of ketones is 1. The van der Waals surface area contributed by atoms with Crippen LogP contribution in [-0.4, -0.2) is 48.2 Å². The van der Waals surface area contributed by atoms with Crippen molar-refractivity contribution in [3.63, 3.8) is 0 Å². The Bertz CT molecular complexity index is 2320. The lowest BCUT2D eigenvalue weighted by Crippen LogP contribution is -2.40. The van der Waals surface area contributed by atoms with Crippen LogP contribution in [0, 0.1) is 0 Å². The van der Waals surface area contributed by atoms with Gasteiger partial charge in [-0.3, -0.25) is 14.3 Å². The standard InChI is InChI=1S/C42H38F2N6O3/c1-27(51)22-23-50-35-21-20-31(53-40(43)44)24-32(35)36(48-50)34-25-45-38-37(46-34)33(39(52)47-41(2,3)4)26-49(38)42(28-14-8-5-9-15-28,29-16-10-6-11-17-29)30-18-12-7-13-19-30/h5-21,24-26,40H,22-23H2,1-4H3,(H,47,52). The summed E-state index contributed by atoms with van der Waals surface area (Å²) in [6.07, 6.45) is 3.60. The van der Waals surface area contributed by atoms with Gasteiger partial charge < -0.3 is 14.6 Å². The number of nitrogens with one attached hydrogen (secondary N) is 1. The quantitative estimate of drug-likeness (QED) is 0.135. The number of amides is 1. The summed E-state index contributed by atoms with van der Waals surface area (Å²) in [5.74, 6) is -0.424. The van der Waals surface area contributed by atoms with E-state index in [9.17, 15) is 18.4 Å². The molecule has 0 saturated heterocycles. The number of carbonyl (C=O) groups is 2. The van der Waals surface area contributed by atoms with Crippen molar-refractivity contribution in [3.8, 4) is 17.1 Å². The second kappa shape index (κ2) is 14.1. The van der Waals surface area contributed by atoms with Gasteiger partial charge in [0.1, 0.15) is 34.0 Å². The van der Waals surface area contributed by atoms with E-state index in [1.165, 1.54) is 19.1 Å². The summed E-state index contributed by atoms with van der Waals surface area (Å²) in [5, 5.41) is 8.38. The van der Waals surface area contributed by atoms with Crippen LogP contribution >= 0.6 is 0 Å². The highest BCUT2D eigenvalue weighted by Crippen LogP contribution is 2.43. The van der Waals surface area contributed by atoms with Crippen molar-refractivity contribution in [1.29, 1.82) is 0 Å². The molecule has 0 aliphatic heterocycles. The summed E-state index contributed by atoms with van der Waals surface area (Å²) in [6, 6.07) is 34.7. The Hall–Kier alpha value is -6.23. The van der Waals surface area contributed by atoms with Gasteiger partial charge in [0, 0.05) is 30.1 Å². The van der Waals surface area contributed by atoms with Crippen LogP contribution in [0.1, 0.15) is 61.2 Å². The van der Waals surface area contributed by atoms with Crippen molar-refractivity contribution < 1.29 is 23.1 Å². The molecule has 7 aromatic rings. The fourth-order valence-corrected chi connectivity index (χ4v) is 6.85. The van der Waals surface area contributed by atoms with E-state index in [1.807, 2.05) is 79.9 Å². The van der Waals surface area contributed by atoms with Crippen molar-refractivity contribution in [1.82, 2.24) is 29.6 Å². The van der Waals surface area contributed by atoms with Crippen molar-refractivity contribution in [2.75, 3.05) is 0 Å². The minimum atomic E-state index is -3.03. The van der Waals surface area contributed by atoms with Crippen LogP contribution in [0.15, 0.2) is 122 Å². The van der Waals surface area contributed by atoms with E-state index in [-0.39, 0.29) is 30.4 Å². The minimum absolute atomic E-state index is 0.0244. The van der Waals surface area contributed by atoms with Crippen molar-refractivity contribution in [3.05, 3.63) is 144 Å². The number of hydrogen-bond acceptors (Lipinski definition) is 6. The van der Waals surface area contributed by atoms with Crippen LogP contribution in [0.2, 0.25) is 0 Å². The van der Waals surface area contributed by atoms with Crippen LogP contribution < -0.4 is 10.1 Å². The van der Waals surface area contributed by atoms with E-state index >= 15 is 0 Å². The zero-order valence-corrected chi connectivity index (χ0v) is 29.8. The number of Topliss-reactive ketones (excluding diaryl/α,β-unsaturated/α-hetero) is 1. The van der Waals surface area contributed by atoms with E-state index in [4.69, 9.17) is 19.8 Å². The van der Waals surface area contributed by atoms with Crippen molar-refractivity contribution >= 4 is 33.8 Å². The Kier molecular flexibility index (Phi) is 9.34. The van der Waals surface area contributed by atoms with Crippen LogP contribution in [0.4, 0.5) is 8.78 Å². The smallest absolute Gasteiger partial charge is 0.387 e. The molecule has 53 heavy (non-hydrogen) atoms. The molecule has 0 radical (unpaired) electrons. The Morgan fingerprint density at radius 3 is 1.96 bits per heavy atom. The maximum atomic E-state index is 14.3. The fourth-order valence-electron chi connectivity index (χ4n) is 6.85. The molecule has 0 spiro atoms. The average Bonchev–Trinajstić information content (AvgIpc) is 3.70. The Balaban J connectivity index is 1.54. The number of benzene rings is 4. The molecule has 7 rings (SSSR count). The molecule has 4 aromatic carbocycles. The van der Waals surface area contributed by atoms with E-state index in [0.29, 0.717) is 39.0 Å². The van der Waals surface area contributed by atoms with Gasteiger partial charge in [0.25, 0.3) is 5.91 Å². The molecule has 1 N–H and O–H groups in total. The normalized spacial score (nSPS) is 12.1. The van der Waals surface area contributed by atoms with Gasteiger partial charge in [-0.25, -0.2) is 9.97 Å². The molecule has 0 fully saturated rings. The molecule has 0 atom stereocenters. The maximum Gasteiger partial charge on any atom is 0.387 e. The SMILES string of the molecule is CC(=O)CCn1nc(-c2cnc3c(n2)c(C(=O)NC(C)(C)C)cn3C(c2ccccc2)(c2ccccc2)c2ccccc2)c2cc(OC(F)F)ccc21. The summed E-state index contributed by atoms with van der Waals surface area (Å²) >= 11 is 0. The zero-order valence-electron chi connectivity index (χ0n) is 29.8. The second-order valence-electron chi connectivity index (χ2n) is 13.9. The molecule has 0 saturated carbocycles.